The first-order valence-electron chi connectivity index (χ1n) is 39.3. The van der Waals surface area contributed by atoms with Crippen molar-refractivity contribution in [3.63, 3.8) is 0 Å². The Kier molecular flexibility index (Phi) is 51.9. The molecule has 24 nitrogen and oxygen atoms in total. The van der Waals surface area contributed by atoms with Crippen LogP contribution in [0.15, 0.2) is 0 Å². The number of hydrogen-bond donors (Lipinski definition) is 11. The van der Waals surface area contributed by atoms with Crippen LogP contribution in [0.5, 0.6) is 0 Å². The third-order valence-corrected chi connectivity index (χ3v) is 20.6. The molecule has 0 spiro atoms. The van der Waals surface area contributed by atoms with Gasteiger partial charge in [0.25, 0.3) is 0 Å². The maximum Gasteiger partial charge on any atom is 0.472 e. The Morgan fingerprint density at radius 2 is 0.646 bits per heavy atom. The molecule has 0 bridgehead atoms. The van der Waals surface area contributed by atoms with Crippen LogP contribution in [-0.2, 0) is 61.2 Å². The summed E-state index contributed by atoms with van der Waals surface area (Å²) in [4.78, 5) is 51.1. The van der Waals surface area contributed by atoms with Gasteiger partial charge in [-0.15, -0.1) is 0 Å². The van der Waals surface area contributed by atoms with E-state index in [1.54, 1.807) is 0 Å². The van der Waals surface area contributed by atoms with E-state index in [4.69, 9.17) is 42.2 Å². The standard InChI is InChI=1S/C74H139O24P/c1-4-7-10-13-16-19-22-25-27-28-29-32-35-38-41-44-47-50-60(78)93-55(52-90-58(76)48-45-42-39-36-33-30-24-21-18-15-12-9-6-3)53-92-99(88,89)98-72-70(96-73-68(86)63(81)61(79)56(51-75)94-73)66(84)65(83)67(85)71(72)97-74-69(87)64(82)62(80)57(95-74)54-91-59(77)49-46-43-40-37-34-31-26-23-20-17-14-11-8-5-2/h55-57,61-75,79-87H,4-54H2,1-3H3,(H,88,89). The molecule has 1 saturated carbocycles. The minimum Gasteiger partial charge on any atom is -0.463 e. The fourth-order valence-electron chi connectivity index (χ4n) is 13.2. The molecule has 3 fully saturated rings. The van der Waals surface area contributed by atoms with E-state index in [1.807, 2.05) is 0 Å². The van der Waals surface area contributed by atoms with Crippen molar-refractivity contribution in [1.82, 2.24) is 0 Å². The highest BCUT2D eigenvalue weighted by Gasteiger charge is 2.58. The predicted molar refractivity (Wildman–Crippen MR) is 375 cm³/mol. The smallest absolute Gasteiger partial charge is 0.463 e. The number of hydrogen-bond acceptors (Lipinski definition) is 23. The minimum atomic E-state index is -5.69. The Morgan fingerprint density at radius 3 is 0.990 bits per heavy atom. The fraction of sp³-hybridized carbons (Fsp3) is 0.959. The van der Waals surface area contributed by atoms with E-state index in [0.29, 0.717) is 19.3 Å². The van der Waals surface area contributed by atoms with Gasteiger partial charge in [0.2, 0.25) is 0 Å². The number of ether oxygens (including phenoxy) is 7. The quantitative estimate of drug-likeness (QED) is 0.0117. The number of carbonyl (C=O) groups excluding carboxylic acids is 3. The molecule has 0 radical (unpaired) electrons. The van der Waals surface area contributed by atoms with Crippen LogP contribution < -0.4 is 0 Å². The average Bonchev–Trinajstić information content (AvgIpc) is 0.764. The Bertz CT molecular complexity index is 2050. The molecular formula is C74H139O24P. The minimum absolute atomic E-state index is 0.0326. The molecule has 2 saturated heterocycles. The molecule has 1 aliphatic carbocycles. The van der Waals surface area contributed by atoms with Crippen LogP contribution in [0.4, 0.5) is 0 Å². The summed E-state index contributed by atoms with van der Waals surface area (Å²) < 4.78 is 65.1. The van der Waals surface area contributed by atoms with E-state index in [2.05, 4.69) is 20.8 Å². The number of aliphatic hydroxyl groups excluding tert-OH is 10. The predicted octanol–water partition coefficient (Wildman–Crippen LogP) is 11.4. The average molecular weight is 1440 g/mol. The van der Waals surface area contributed by atoms with Crippen LogP contribution in [0.2, 0.25) is 0 Å². The van der Waals surface area contributed by atoms with Crippen molar-refractivity contribution >= 4 is 25.7 Å². The van der Waals surface area contributed by atoms with Crippen LogP contribution in [0.1, 0.15) is 323 Å². The monoisotopic (exact) mass is 1440 g/mol. The third-order valence-electron chi connectivity index (χ3n) is 19.6. The van der Waals surface area contributed by atoms with Crippen LogP contribution in [0, 0.1) is 0 Å². The zero-order valence-electron chi connectivity index (χ0n) is 61.1. The van der Waals surface area contributed by atoms with Gasteiger partial charge in [0.1, 0.15) is 98.7 Å². The first-order chi connectivity index (χ1) is 47.8. The van der Waals surface area contributed by atoms with Crippen molar-refractivity contribution in [3.05, 3.63) is 0 Å². The molecule has 18 atom stereocenters. The molecule has 0 aromatic heterocycles. The van der Waals surface area contributed by atoms with Crippen LogP contribution >= 0.6 is 7.82 Å². The number of phosphoric ester groups is 1. The highest BCUT2D eigenvalue weighted by atomic mass is 31.2. The summed E-state index contributed by atoms with van der Waals surface area (Å²) in [5, 5.41) is 110. The third kappa shape index (κ3) is 39.2. The Balaban J connectivity index is 1.71. The lowest BCUT2D eigenvalue weighted by atomic mass is 9.84. The van der Waals surface area contributed by atoms with Gasteiger partial charge in [0.05, 0.1) is 13.2 Å². The molecule has 99 heavy (non-hydrogen) atoms. The number of esters is 3. The van der Waals surface area contributed by atoms with Crippen molar-refractivity contribution in [2.24, 2.45) is 0 Å². The summed E-state index contributed by atoms with van der Waals surface area (Å²) in [7, 11) is -5.69. The fourth-order valence-corrected chi connectivity index (χ4v) is 14.2. The summed E-state index contributed by atoms with van der Waals surface area (Å²) in [6.07, 6.45) is 14.4. The molecule has 0 aromatic carbocycles. The maximum absolute atomic E-state index is 14.3. The van der Waals surface area contributed by atoms with Crippen LogP contribution in [-0.4, -0.2) is 204 Å². The Labute approximate surface area is 593 Å². The molecule has 2 aliphatic heterocycles. The largest absolute Gasteiger partial charge is 0.472 e. The summed E-state index contributed by atoms with van der Waals surface area (Å²) in [5.41, 5.74) is 0. The van der Waals surface area contributed by atoms with E-state index < -0.39 is 156 Å². The molecule has 3 aliphatic rings. The molecule has 25 heteroatoms. The van der Waals surface area contributed by atoms with E-state index in [9.17, 15) is 74.9 Å². The van der Waals surface area contributed by atoms with E-state index in [0.717, 1.165) is 89.9 Å². The summed E-state index contributed by atoms with van der Waals surface area (Å²) in [5.74, 6) is -1.97. The van der Waals surface area contributed by atoms with Crippen molar-refractivity contribution < 1.29 is 117 Å². The van der Waals surface area contributed by atoms with Gasteiger partial charge >= 0.3 is 25.7 Å². The maximum atomic E-state index is 14.3. The zero-order chi connectivity index (χ0) is 72.5. The molecule has 11 N–H and O–H groups in total. The SMILES string of the molecule is CCCCCCCCCCCCCCCCCCCC(=O)OC(COC(=O)CCCCCCCCCCCCCCC)COP(=O)(O)OC1C(OC2OC(CO)C(O)C(O)C2O)C(O)C(O)C(O)C1OC1OC(COC(=O)CCCCCCCCCCCCCCCC)C(O)C(O)C1O. The Hall–Kier alpha value is -2.04. The van der Waals surface area contributed by atoms with Crippen molar-refractivity contribution in [1.29, 1.82) is 0 Å². The van der Waals surface area contributed by atoms with Gasteiger partial charge in [0, 0.05) is 19.3 Å². The van der Waals surface area contributed by atoms with Crippen molar-refractivity contribution in [2.45, 2.75) is 427 Å². The first-order valence-corrected chi connectivity index (χ1v) is 40.8. The van der Waals surface area contributed by atoms with Gasteiger partial charge in [-0.3, -0.25) is 23.4 Å². The number of unbranched alkanes of at least 4 members (excludes halogenated alkanes) is 41. The van der Waals surface area contributed by atoms with Gasteiger partial charge in [-0.25, -0.2) is 4.57 Å². The van der Waals surface area contributed by atoms with Crippen molar-refractivity contribution in [2.75, 3.05) is 26.4 Å². The highest BCUT2D eigenvalue weighted by Crippen LogP contribution is 2.49. The molecule has 584 valence electrons. The lowest BCUT2D eigenvalue weighted by Gasteiger charge is -2.49. The van der Waals surface area contributed by atoms with Gasteiger partial charge in [0.15, 0.2) is 18.7 Å². The van der Waals surface area contributed by atoms with E-state index in [1.165, 1.54) is 173 Å². The molecule has 18 unspecified atom stereocenters. The molecule has 3 rings (SSSR count). The van der Waals surface area contributed by atoms with Gasteiger partial charge in [-0.1, -0.05) is 284 Å². The molecule has 0 amide bonds. The topological polar surface area (TPSA) is 374 Å². The number of carbonyl (C=O) groups is 3. The normalized spacial score (nSPS) is 27.4. The van der Waals surface area contributed by atoms with Gasteiger partial charge in [-0.05, 0) is 19.3 Å². The van der Waals surface area contributed by atoms with E-state index in [-0.39, 0.29) is 19.3 Å². The summed E-state index contributed by atoms with van der Waals surface area (Å²) in [6, 6.07) is 0. The van der Waals surface area contributed by atoms with Crippen LogP contribution in [0.3, 0.4) is 0 Å². The second-order valence-electron chi connectivity index (χ2n) is 28.4. The molecule has 2 heterocycles. The number of phosphoric acid groups is 1. The Morgan fingerprint density at radius 1 is 0.354 bits per heavy atom. The van der Waals surface area contributed by atoms with Crippen molar-refractivity contribution in [3.8, 4) is 0 Å². The van der Waals surface area contributed by atoms with Gasteiger partial charge in [-0.2, -0.15) is 0 Å². The van der Waals surface area contributed by atoms with Crippen LogP contribution in [0.25, 0.3) is 0 Å². The second kappa shape index (κ2) is 56.3. The number of aliphatic hydroxyl groups is 10. The zero-order valence-corrected chi connectivity index (χ0v) is 61.9. The first kappa shape index (κ1) is 91.2. The molecule has 0 aromatic rings. The van der Waals surface area contributed by atoms with E-state index >= 15 is 0 Å². The second-order valence-corrected chi connectivity index (χ2v) is 29.8. The lowest BCUT2D eigenvalue weighted by molar-refractivity contribution is -0.360. The molecular weight excluding hydrogens is 1300 g/mol. The van der Waals surface area contributed by atoms with Gasteiger partial charge < -0.3 is 89.1 Å². The lowest BCUT2D eigenvalue weighted by Crippen LogP contribution is -2.69. The number of rotatable bonds is 62. The summed E-state index contributed by atoms with van der Waals surface area (Å²) >= 11 is 0. The summed E-state index contributed by atoms with van der Waals surface area (Å²) in [6.45, 7) is 3.49. The highest BCUT2D eigenvalue weighted by molar-refractivity contribution is 7.47.